The summed E-state index contributed by atoms with van der Waals surface area (Å²) in [6.45, 7) is 1.18. The van der Waals surface area contributed by atoms with Crippen LogP contribution in [0.5, 0.6) is 5.75 Å². The molecule has 1 atom stereocenters. The van der Waals surface area contributed by atoms with Gasteiger partial charge in [0.2, 0.25) is 20.0 Å². The molecule has 0 spiro atoms. The minimum Gasteiger partial charge on any atom is -0.480 e. The normalized spacial score (nSPS) is 13.4. The van der Waals surface area contributed by atoms with Crippen LogP contribution in [0.3, 0.4) is 0 Å². The van der Waals surface area contributed by atoms with E-state index in [-0.39, 0.29) is 14.8 Å². The highest BCUT2D eigenvalue weighted by Crippen LogP contribution is 2.22. The van der Waals surface area contributed by atoms with Crippen LogP contribution in [0.4, 0.5) is 0 Å². The van der Waals surface area contributed by atoms with E-state index in [1.54, 1.807) is 6.07 Å². The lowest BCUT2D eigenvalue weighted by Gasteiger charge is -2.22. The molecule has 1 aromatic carbocycles. The van der Waals surface area contributed by atoms with E-state index in [9.17, 15) is 26.4 Å². The van der Waals surface area contributed by atoms with Gasteiger partial charge in [0.15, 0.2) is 6.10 Å². The summed E-state index contributed by atoms with van der Waals surface area (Å²) in [5.74, 6) is -1.34. The van der Waals surface area contributed by atoms with Crippen LogP contribution in [0.25, 0.3) is 10.9 Å². The summed E-state index contributed by atoms with van der Waals surface area (Å²) >= 11 is 0. The first-order valence-corrected chi connectivity index (χ1v) is 10.5. The van der Waals surface area contributed by atoms with Gasteiger partial charge in [0.1, 0.15) is 11.1 Å². The Hall–Kier alpha value is -2.47. The van der Waals surface area contributed by atoms with Gasteiger partial charge in [-0.25, -0.2) is 21.8 Å². The highest BCUT2D eigenvalue weighted by molar-refractivity contribution is 8.04. The van der Waals surface area contributed by atoms with Crippen LogP contribution in [-0.4, -0.2) is 55.0 Å². The summed E-state index contributed by atoms with van der Waals surface area (Å²) in [6, 6.07) is 4.45. The maximum Gasteiger partial charge on any atom is 0.290 e. The average Bonchev–Trinajstić information content (AvgIpc) is 2.44. The molecule has 0 aliphatic rings. The molecule has 0 aliphatic carbocycles. The molecular weight excluding hydrogens is 374 g/mol. The van der Waals surface area contributed by atoms with Gasteiger partial charge >= 0.3 is 0 Å². The Balaban J connectivity index is 2.45. The summed E-state index contributed by atoms with van der Waals surface area (Å²) in [5, 5.41) is 0.0508. The molecule has 0 saturated heterocycles. The standard InChI is InChI=1S/C13H15N3O7S2/c1-8(13(18)16(24(2,19)20)25(3,21)22)23-10-6-4-5-9-11(10)12(17)15-7-14-9/h4-8H,1-3H3,(H,14,15,17)/t8-/m0/s1. The van der Waals surface area contributed by atoms with Crippen LogP contribution in [0, 0.1) is 0 Å². The highest BCUT2D eigenvalue weighted by Gasteiger charge is 2.36. The number of nitrogens with one attached hydrogen (secondary N) is 1. The molecular formula is C13H15N3O7S2. The minimum atomic E-state index is -4.37. The van der Waals surface area contributed by atoms with E-state index in [0.29, 0.717) is 18.0 Å². The fourth-order valence-electron chi connectivity index (χ4n) is 2.15. The van der Waals surface area contributed by atoms with Gasteiger partial charge in [-0.05, 0) is 19.1 Å². The van der Waals surface area contributed by atoms with Gasteiger partial charge in [0, 0.05) is 0 Å². The number of aromatic amines is 1. The first-order valence-electron chi connectivity index (χ1n) is 6.80. The van der Waals surface area contributed by atoms with Crippen LogP contribution in [-0.2, 0) is 24.8 Å². The second-order valence-electron chi connectivity index (χ2n) is 5.20. The zero-order valence-electron chi connectivity index (χ0n) is 13.5. The van der Waals surface area contributed by atoms with Crippen LogP contribution in [0.15, 0.2) is 29.3 Å². The molecule has 1 heterocycles. The quantitative estimate of drug-likeness (QED) is 0.716. The lowest BCUT2D eigenvalue weighted by molar-refractivity contribution is -0.129. The Morgan fingerprint density at radius 3 is 2.36 bits per heavy atom. The number of amides is 1. The molecule has 25 heavy (non-hydrogen) atoms. The van der Waals surface area contributed by atoms with Crippen molar-refractivity contribution in [3.8, 4) is 5.75 Å². The SMILES string of the molecule is C[C@H](Oc1cccc2nc[nH]c(=O)c12)C(=O)N(S(C)(=O)=O)S(C)(=O)=O. The van der Waals surface area contributed by atoms with Crippen molar-refractivity contribution in [1.82, 2.24) is 13.7 Å². The first-order chi connectivity index (χ1) is 11.4. The van der Waals surface area contributed by atoms with Crippen LogP contribution < -0.4 is 10.3 Å². The number of fused-ring (bicyclic) bond motifs is 1. The van der Waals surface area contributed by atoms with Crippen LogP contribution >= 0.6 is 0 Å². The van der Waals surface area contributed by atoms with Gasteiger partial charge in [-0.1, -0.05) is 6.07 Å². The van der Waals surface area contributed by atoms with E-state index in [1.807, 2.05) is 0 Å². The monoisotopic (exact) mass is 389 g/mol. The molecule has 0 unspecified atom stereocenters. The number of carbonyl (C=O) groups excluding carboxylic acids is 1. The van der Waals surface area contributed by atoms with Crippen molar-refractivity contribution in [1.29, 1.82) is 0 Å². The molecule has 12 heteroatoms. The number of rotatable bonds is 5. The fraction of sp³-hybridized carbons (Fsp3) is 0.308. The number of nitrogens with zero attached hydrogens (tertiary/aromatic N) is 2. The summed E-state index contributed by atoms with van der Waals surface area (Å²) in [6.07, 6.45) is 0.878. The van der Waals surface area contributed by atoms with Crippen molar-refractivity contribution in [2.45, 2.75) is 13.0 Å². The maximum absolute atomic E-state index is 12.3. The van der Waals surface area contributed by atoms with Gasteiger partial charge < -0.3 is 9.72 Å². The fourth-order valence-corrected chi connectivity index (χ4v) is 5.07. The Morgan fingerprint density at radius 2 is 1.80 bits per heavy atom. The van der Waals surface area contributed by atoms with Crippen molar-refractivity contribution >= 4 is 36.9 Å². The molecule has 2 aromatic rings. The minimum absolute atomic E-state index is 0.0327. The second-order valence-corrected chi connectivity index (χ2v) is 9.10. The molecule has 1 aromatic heterocycles. The van der Waals surface area contributed by atoms with Crippen LogP contribution in [0.1, 0.15) is 6.92 Å². The second kappa shape index (κ2) is 6.44. The van der Waals surface area contributed by atoms with Crippen molar-refractivity contribution < 1.29 is 26.4 Å². The number of H-pyrrole nitrogens is 1. The zero-order chi connectivity index (χ0) is 19.0. The third-order valence-electron chi connectivity index (χ3n) is 3.06. The Kier molecular flexibility index (Phi) is 4.86. The average molecular weight is 389 g/mol. The van der Waals surface area contributed by atoms with Crippen molar-refractivity contribution in [3.05, 3.63) is 34.9 Å². The van der Waals surface area contributed by atoms with E-state index in [0.717, 1.165) is 0 Å². The third kappa shape index (κ3) is 3.96. The topological polar surface area (TPSA) is 144 Å². The molecule has 0 saturated carbocycles. The van der Waals surface area contributed by atoms with Crippen molar-refractivity contribution in [2.24, 2.45) is 0 Å². The van der Waals surface area contributed by atoms with Crippen molar-refractivity contribution in [3.63, 3.8) is 0 Å². The van der Waals surface area contributed by atoms with Gasteiger partial charge in [-0.3, -0.25) is 9.59 Å². The first kappa shape index (κ1) is 18.9. The number of ether oxygens (including phenoxy) is 1. The molecule has 1 N–H and O–H groups in total. The number of sulfonamides is 2. The van der Waals surface area contributed by atoms with Gasteiger partial charge in [-0.2, -0.15) is 0 Å². The predicted molar refractivity (Wildman–Crippen MR) is 89.0 cm³/mol. The Morgan fingerprint density at radius 1 is 1.20 bits per heavy atom. The molecule has 0 fully saturated rings. The predicted octanol–water partition coefficient (Wildman–Crippen LogP) is -0.562. The summed E-state index contributed by atoms with van der Waals surface area (Å²) in [4.78, 5) is 30.5. The Labute approximate surface area is 143 Å². The lowest BCUT2D eigenvalue weighted by Crippen LogP contribution is -2.46. The molecule has 0 radical (unpaired) electrons. The van der Waals surface area contributed by atoms with E-state index >= 15 is 0 Å². The molecule has 0 bridgehead atoms. The maximum atomic E-state index is 12.3. The third-order valence-corrected chi connectivity index (χ3v) is 6.25. The molecule has 1 amide bonds. The summed E-state index contributed by atoms with van der Waals surface area (Å²) < 4.78 is 51.7. The summed E-state index contributed by atoms with van der Waals surface area (Å²) in [7, 11) is -8.75. The molecule has 10 nitrogen and oxygen atoms in total. The Bertz CT molecular complexity index is 1050. The molecule has 136 valence electrons. The largest absolute Gasteiger partial charge is 0.480 e. The van der Waals surface area contributed by atoms with Crippen LogP contribution in [0.2, 0.25) is 0 Å². The van der Waals surface area contributed by atoms with Crippen molar-refractivity contribution in [2.75, 3.05) is 12.5 Å². The number of carbonyl (C=O) groups is 1. The molecule has 0 aliphatic heterocycles. The number of hydrogen-bond acceptors (Lipinski definition) is 8. The van der Waals surface area contributed by atoms with E-state index in [1.165, 1.54) is 25.4 Å². The van der Waals surface area contributed by atoms with E-state index in [2.05, 4.69) is 9.97 Å². The summed E-state index contributed by atoms with van der Waals surface area (Å²) in [5.41, 5.74) is -0.229. The molecule has 2 rings (SSSR count). The number of hydrogen-bond donors (Lipinski definition) is 1. The number of benzene rings is 1. The smallest absolute Gasteiger partial charge is 0.290 e. The number of aromatic nitrogens is 2. The lowest BCUT2D eigenvalue weighted by atomic mass is 10.2. The highest BCUT2D eigenvalue weighted by atomic mass is 32.3. The van der Waals surface area contributed by atoms with Gasteiger partial charge in [0.25, 0.3) is 11.5 Å². The van der Waals surface area contributed by atoms with Gasteiger partial charge in [-0.15, -0.1) is 3.71 Å². The van der Waals surface area contributed by atoms with Gasteiger partial charge in [0.05, 0.1) is 24.4 Å². The van der Waals surface area contributed by atoms with E-state index < -0.39 is 37.6 Å². The van der Waals surface area contributed by atoms with E-state index in [4.69, 9.17) is 4.74 Å². The zero-order valence-corrected chi connectivity index (χ0v) is 15.1.